The van der Waals surface area contributed by atoms with E-state index in [1.54, 1.807) is 36.9 Å². The summed E-state index contributed by atoms with van der Waals surface area (Å²) < 4.78 is 5.85. The number of nitrogens with one attached hydrogen (secondary N) is 1. The lowest BCUT2D eigenvalue weighted by atomic mass is 9.89. The van der Waals surface area contributed by atoms with Gasteiger partial charge in [-0.15, -0.1) is 0 Å². The molecule has 2 aromatic heterocycles. The second-order valence-corrected chi connectivity index (χ2v) is 6.13. The Morgan fingerprint density at radius 1 is 1.25 bits per heavy atom. The molecule has 0 spiro atoms. The summed E-state index contributed by atoms with van der Waals surface area (Å²) in [6.07, 6.45) is 8.50. The summed E-state index contributed by atoms with van der Waals surface area (Å²) in [7, 11) is 0. The average molecular weight is 325 g/mol. The Labute approximate surface area is 140 Å². The monoisotopic (exact) mass is 325 g/mol. The van der Waals surface area contributed by atoms with Gasteiger partial charge in [0.05, 0.1) is 29.9 Å². The Balaban J connectivity index is 1.53. The number of hydrogen-bond acceptors (Lipinski definition) is 6. The maximum Gasteiger partial charge on any atom is 0.229 e. The molecule has 3 atom stereocenters. The van der Waals surface area contributed by atoms with Gasteiger partial charge in [0.15, 0.2) is 0 Å². The minimum Gasteiger partial charge on any atom is -0.376 e. The largest absolute Gasteiger partial charge is 0.376 e. The van der Waals surface area contributed by atoms with Crippen molar-refractivity contribution in [3.05, 3.63) is 43.0 Å². The second kappa shape index (κ2) is 6.52. The maximum absolute atomic E-state index is 12.7. The van der Waals surface area contributed by atoms with E-state index >= 15 is 0 Å². The zero-order chi connectivity index (χ0) is 16.4. The van der Waals surface area contributed by atoms with Crippen LogP contribution in [0.3, 0.4) is 0 Å². The molecule has 24 heavy (non-hydrogen) atoms. The first-order chi connectivity index (χ1) is 11.8. The molecule has 2 aliphatic rings. The fourth-order valence-corrected chi connectivity index (χ4v) is 3.49. The van der Waals surface area contributed by atoms with E-state index in [1.165, 1.54) is 0 Å². The van der Waals surface area contributed by atoms with Crippen LogP contribution in [0.1, 0.15) is 12.8 Å². The van der Waals surface area contributed by atoms with E-state index in [1.807, 2.05) is 6.07 Å². The van der Waals surface area contributed by atoms with Crippen molar-refractivity contribution in [1.82, 2.24) is 15.0 Å². The molecule has 2 fully saturated rings. The van der Waals surface area contributed by atoms with Gasteiger partial charge in [-0.1, -0.05) is 0 Å². The standard InChI is InChI=1S/C17H19N5O2/c23-16(21-13-3-1-5-18-10-13)12-9-15-14(4-8-24-15)22(11-12)17-19-6-2-7-20-17/h1-3,5-7,10,12,14-15H,4,8-9,11H2,(H,21,23)/t12-,14-,15-/m1/s1. The highest BCUT2D eigenvalue weighted by Crippen LogP contribution is 2.33. The van der Waals surface area contributed by atoms with Crippen molar-refractivity contribution in [2.45, 2.75) is 25.0 Å². The lowest BCUT2D eigenvalue weighted by Gasteiger charge is -2.40. The molecule has 0 unspecified atom stereocenters. The van der Waals surface area contributed by atoms with Crippen molar-refractivity contribution >= 4 is 17.5 Å². The third-order valence-electron chi connectivity index (χ3n) is 4.62. The van der Waals surface area contributed by atoms with Crippen LogP contribution in [0.15, 0.2) is 43.0 Å². The van der Waals surface area contributed by atoms with Gasteiger partial charge in [0, 0.05) is 31.7 Å². The summed E-state index contributed by atoms with van der Waals surface area (Å²) in [5.41, 5.74) is 0.708. The highest BCUT2D eigenvalue weighted by Gasteiger charge is 2.43. The van der Waals surface area contributed by atoms with E-state index in [9.17, 15) is 4.79 Å². The molecule has 4 rings (SSSR count). The van der Waals surface area contributed by atoms with Crippen LogP contribution >= 0.6 is 0 Å². The number of fused-ring (bicyclic) bond motifs is 1. The zero-order valence-corrected chi connectivity index (χ0v) is 13.2. The molecule has 2 aliphatic heterocycles. The van der Waals surface area contributed by atoms with Crippen molar-refractivity contribution in [1.29, 1.82) is 0 Å². The number of aromatic nitrogens is 3. The summed E-state index contributed by atoms with van der Waals surface area (Å²) in [4.78, 5) is 27.5. The second-order valence-electron chi connectivity index (χ2n) is 6.13. The molecule has 0 saturated carbocycles. The van der Waals surface area contributed by atoms with E-state index in [0.717, 1.165) is 19.4 Å². The first-order valence-corrected chi connectivity index (χ1v) is 8.17. The third-order valence-corrected chi connectivity index (χ3v) is 4.62. The van der Waals surface area contributed by atoms with Gasteiger partial charge in [0.1, 0.15) is 0 Å². The predicted octanol–water partition coefficient (Wildman–Crippen LogP) is 1.49. The molecule has 1 N–H and O–H groups in total. The van der Waals surface area contributed by atoms with E-state index in [2.05, 4.69) is 25.2 Å². The van der Waals surface area contributed by atoms with Crippen molar-refractivity contribution in [2.24, 2.45) is 5.92 Å². The maximum atomic E-state index is 12.7. The number of rotatable bonds is 3. The Morgan fingerprint density at radius 3 is 2.92 bits per heavy atom. The number of carbonyl (C=O) groups excluding carboxylic acids is 1. The number of ether oxygens (including phenoxy) is 1. The summed E-state index contributed by atoms with van der Waals surface area (Å²) in [6.45, 7) is 1.32. The van der Waals surface area contributed by atoms with E-state index in [-0.39, 0.29) is 24.0 Å². The molecule has 0 aliphatic carbocycles. The van der Waals surface area contributed by atoms with Crippen LogP contribution in [0.5, 0.6) is 0 Å². The highest BCUT2D eigenvalue weighted by molar-refractivity contribution is 5.93. The average Bonchev–Trinajstić information content (AvgIpc) is 3.11. The number of anilines is 2. The molecule has 1 amide bonds. The molecule has 2 aromatic rings. The van der Waals surface area contributed by atoms with Crippen LogP contribution < -0.4 is 10.2 Å². The van der Waals surface area contributed by atoms with Crippen molar-refractivity contribution in [3.63, 3.8) is 0 Å². The number of hydrogen-bond donors (Lipinski definition) is 1. The predicted molar refractivity (Wildman–Crippen MR) is 88.5 cm³/mol. The first-order valence-electron chi connectivity index (χ1n) is 8.17. The fourth-order valence-electron chi connectivity index (χ4n) is 3.49. The number of amides is 1. The highest BCUT2D eigenvalue weighted by atomic mass is 16.5. The summed E-state index contributed by atoms with van der Waals surface area (Å²) in [5, 5.41) is 2.94. The molecule has 2 saturated heterocycles. The molecule has 0 aromatic carbocycles. The number of piperidine rings is 1. The zero-order valence-electron chi connectivity index (χ0n) is 13.2. The van der Waals surface area contributed by atoms with E-state index in [0.29, 0.717) is 18.2 Å². The van der Waals surface area contributed by atoms with Gasteiger partial charge < -0.3 is 15.0 Å². The minimum absolute atomic E-state index is 0.0159. The summed E-state index contributed by atoms with van der Waals surface area (Å²) in [5.74, 6) is 0.475. The van der Waals surface area contributed by atoms with Crippen LogP contribution in [0.25, 0.3) is 0 Å². The van der Waals surface area contributed by atoms with Gasteiger partial charge >= 0.3 is 0 Å². The Morgan fingerprint density at radius 2 is 2.12 bits per heavy atom. The Bertz CT molecular complexity index is 697. The van der Waals surface area contributed by atoms with E-state index < -0.39 is 0 Å². The van der Waals surface area contributed by atoms with Gasteiger partial charge in [-0.2, -0.15) is 0 Å². The van der Waals surface area contributed by atoms with Crippen molar-refractivity contribution in [3.8, 4) is 0 Å². The number of pyridine rings is 1. The molecule has 0 radical (unpaired) electrons. The summed E-state index contributed by atoms with van der Waals surface area (Å²) in [6, 6.07) is 5.68. The van der Waals surface area contributed by atoms with Crippen LogP contribution in [0, 0.1) is 5.92 Å². The normalized spacial score (nSPS) is 26.0. The van der Waals surface area contributed by atoms with Crippen LogP contribution in [0.2, 0.25) is 0 Å². The Hall–Kier alpha value is -2.54. The fraction of sp³-hybridized carbons (Fsp3) is 0.412. The lowest BCUT2D eigenvalue weighted by Crippen LogP contribution is -2.52. The third kappa shape index (κ3) is 2.94. The van der Waals surface area contributed by atoms with Gasteiger partial charge in [0.25, 0.3) is 0 Å². The SMILES string of the molecule is O=C(Nc1cccnc1)[C@@H]1C[C@H]2OCC[C@H]2N(c2ncccn2)C1. The lowest BCUT2D eigenvalue weighted by molar-refractivity contribution is -0.121. The molecule has 4 heterocycles. The molecule has 7 heteroatoms. The number of nitrogens with zero attached hydrogens (tertiary/aromatic N) is 4. The minimum atomic E-state index is -0.173. The quantitative estimate of drug-likeness (QED) is 0.921. The van der Waals surface area contributed by atoms with Gasteiger partial charge in [0.2, 0.25) is 11.9 Å². The smallest absolute Gasteiger partial charge is 0.229 e. The molecule has 0 bridgehead atoms. The molecule has 124 valence electrons. The van der Waals surface area contributed by atoms with Gasteiger partial charge in [-0.3, -0.25) is 9.78 Å². The molecule has 7 nitrogen and oxygen atoms in total. The topological polar surface area (TPSA) is 80.2 Å². The van der Waals surface area contributed by atoms with Crippen LogP contribution in [0.4, 0.5) is 11.6 Å². The van der Waals surface area contributed by atoms with E-state index in [4.69, 9.17) is 4.74 Å². The number of carbonyl (C=O) groups is 1. The Kier molecular flexibility index (Phi) is 4.08. The van der Waals surface area contributed by atoms with Crippen LogP contribution in [-0.2, 0) is 9.53 Å². The van der Waals surface area contributed by atoms with Crippen molar-refractivity contribution in [2.75, 3.05) is 23.4 Å². The van der Waals surface area contributed by atoms with Gasteiger partial charge in [-0.05, 0) is 31.0 Å². The van der Waals surface area contributed by atoms with Gasteiger partial charge in [-0.25, -0.2) is 9.97 Å². The van der Waals surface area contributed by atoms with Crippen molar-refractivity contribution < 1.29 is 9.53 Å². The first kappa shape index (κ1) is 15.0. The van der Waals surface area contributed by atoms with Crippen LogP contribution in [-0.4, -0.2) is 46.2 Å². The molecular weight excluding hydrogens is 306 g/mol. The summed E-state index contributed by atoms with van der Waals surface area (Å²) >= 11 is 0. The molecular formula is C17H19N5O2.